The van der Waals surface area contributed by atoms with Crippen LogP contribution in [0.2, 0.25) is 5.02 Å². The summed E-state index contributed by atoms with van der Waals surface area (Å²) >= 11 is 6.34. The lowest BCUT2D eigenvalue weighted by atomic mass is 10.0. The Hall–Kier alpha value is -3.85. The Kier molecular flexibility index (Phi) is 6.41. The van der Waals surface area contributed by atoms with Crippen LogP contribution in [0.5, 0.6) is 0 Å². The van der Waals surface area contributed by atoms with Crippen molar-refractivity contribution in [2.75, 3.05) is 29.0 Å². The number of nitrogens with one attached hydrogen (secondary N) is 4. The van der Waals surface area contributed by atoms with Crippen molar-refractivity contribution >= 4 is 52.4 Å². The lowest BCUT2D eigenvalue weighted by molar-refractivity contribution is -0.127. The van der Waals surface area contributed by atoms with Crippen LogP contribution >= 0.6 is 11.6 Å². The van der Waals surface area contributed by atoms with Crippen LogP contribution < -0.4 is 21.3 Å². The molecule has 0 saturated carbocycles. The Morgan fingerprint density at radius 2 is 1.97 bits per heavy atom. The van der Waals surface area contributed by atoms with Gasteiger partial charge in [0, 0.05) is 43.1 Å². The molecule has 1 aromatic heterocycles. The number of aryl methyl sites for hydroxylation is 2. The van der Waals surface area contributed by atoms with Crippen molar-refractivity contribution in [3.63, 3.8) is 0 Å². The van der Waals surface area contributed by atoms with Crippen molar-refractivity contribution in [1.29, 1.82) is 0 Å². The van der Waals surface area contributed by atoms with Gasteiger partial charge in [0.1, 0.15) is 5.02 Å². The van der Waals surface area contributed by atoms with Gasteiger partial charge in [0.2, 0.25) is 11.9 Å². The maximum atomic E-state index is 12.8. The second-order valence-corrected chi connectivity index (χ2v) is 9.17. The summed E-state index contributed by atoms with van der Waals surface area (Å²) in [5.74, 6) is 0.957. The number of carbonyl (C=O) groups is 2. The van der Waals surface area contributed by atoms with E-state index in [4.69, 9.17) is 11.6 Å². The van der Waals surface area contributed by atoms with Gasteiger partial charge in [-0.1, -0.05) is 23.7 Å². The van der Waals surface area contributed by atoms with Crippen LogP contribution in [0.3, 0.4) is 0 Å². The average molecular weight is 492 g/mol. The molecule has 2 aliphatic rings. The molecule has 0 aliphatic carbocycles. The highest BCUT2D eigenvalue weighted by molar-refractivity contribution is 6.32. The van der Waals surface area contributed by atoms with Gasteiger partial charge < -0.3 is 26.2 Å². The molecule has 1 fully saturated rings. The van der Waals surface area contributed by atoms with E-state index in [0.29, 0.717) is 36.3 Å². The molecule has 0 spiro atoms. The summed E-state index contributed by atoms with van der Waals surface area (Å²) < 4.78 is 0. The number of amides is 3. The number of likely N-dealkylation sites (tertiary alicyclic amines) is 1. The largest absolute Gasteiger partial charge is 0.341 e. The van der Waals surface area contributed by atoms with Crippen molar-refractivity contribution in [2.24, 2.45) is 0 Å². The van der Waals surface area contributed by atoms with Gasteiger partial charge in [0.15, 0.2) is 5.82 Å². The molecule has 5 rings (SSSR count). The molecule has 9 nitrogen and oxygen atoms in total. The van der Waals surface area contributed by atoms with Crippen LogP contribution in [0, 0.1) is 0 Å². The molecule has 4 N–H and O–H groups in total. The Labute approximate surface area is 208 Å². The molecule has 3 heterocycles. The predicted octanol–water partition coefficient (Wildman–Crippen LogP) is 4.46. The first-order chi connectivity index (χ1) is 16.9. The highest BCUT2D eigenvalue weighted by Gasteiger charge is 2.25. The van der Waals surface area contributed by atoms with E-state index in [2.05, 4.69) is 43.4 Å². The van der Waals surface area contributed by atoms with Crippen LogP contribution in [0.25, 0.3) is 0 Å². The summed E-state index contributed by atoms with van der Waals surface area (Å²) in [7, 11) is 0. The average Bonchev–Trinajstić information content (AvgIpc) is 3.30. The van der Waals surface area contributed by atoms with E-state index in [1.54, 1.807) is 18.0 Å². The lowest BCUT2D eigenvalue weighted by Gasteiger charge is -2.18. The first-order valence-electron chi connectivity index (χ1n) is 11.5. The van der Waals surface area contributed by atoms with Gasteiger partial charge in [-0.3, -0.25) is 4.79 Å². The summed E-state index contributed by atoms with van der Waals surface area (Å²) in [4.78, 5) is 34.9. The maximum absolute atomic E-state index is 12.8. The first kappa shape index (κ1) is 22.9. The zero-order valence-corrected chi connectivity index (χ0v) is 20.0. The fraction of sp³-hybridized carbons (Fsp3) is 0.280. The first-order valence-corrected chi connectivity index (χ1v) is 11.9. The Balaban J connectivity index is 1.39. The number of hydrogen-bond donors (Lipinski definition) is 4. The number of benzene rings is 2. The minimum atomic E-state index is -0.282. The van der Waals surface area contributed by atoms with Crippen LogP contribution in [-0.4, -0.2) is 45.9 Å². The molecule has 10 heteroatoms. The predicted molar refractivity (Wildman–Crippen MR) is 137 cm³/mol. The van der Waals surface area contributed by atoms with E-state index in [9.17, 15) is 9.59 Å². The third-order valence-corrected chi connectivity index (χ3v) is 6.47. The Morgan fingerprint density at radius 3 is 2.80 bits per heavy atom. The molecule has 3 amide bonds. The summed E-state index contributed by atoms with van der Waals surface area (Å²) in [6.07, 6.45) is 3.80. The van der Waals surface area contributed by atoms with Gasteiger partial charge in [0.25, 0.3) is 0 Å². The van der Waals surface area contributed by atoms with Crippen molar-refractivity contribution in [3.05, 3.63) is 64.8 Å². The van der Waals surface area contributed by atoms with Crippen LogP contribution in [0.1, 0.15) is 24.5 Å². The maximum Gasteiger partial charge on any atom is 0.319 e. The summed E-state index contributed by atoms with van der Waals surface area (Å²) in [6, 6.07) is 13.5. The van der Waals surface area contributed by atoms with Gasteiger partial charge in [-0.15, -0.1) is 0 Å². The number of fused-ring (bicyclic) bond motifs is 6. The minimum Gasteiger partial charge on any atom is -0.341 e. The summed E-state index contributed by atoms with van der Waals surface area (Å²) in [6.45, 7) is 2.74. The van der Waals surface area contributed by atoms with Gasteiger partial charge in [-0.25, -0.2) is 9.78 Å². The minimum absolute atomic E-state index is 0.0271. The van der Waals surface area contributed by atoms with Gasteiger partial charge in [-0.05, 0) is 60.7 Å². The fourth-order valence-electron chi connectivity index (χ4n) is 4.37. The molecular formula is C25H26ClN7O2. The number of nitrogens with zero attached hydrogens (tertiary/aromatic N) is 3. The fourth-order valence-corrected chi connectivity index (χ4v) is 4.51. The number of carbonyl (C=O) groups excluding carboxylic acids is 2. The third kappa shape index (κ3) is 5.46. The second kappa shape index (κ2) is 9.79. The van der Waals surface area contributed by atoms with E-state index in [1.807, 2.05) is 30.3 Å². The summed E-state index contributed by atoms with van der Waals surface area (Å²) in [5.41, 5.74) is 4.54. The van der Waals surface area contributed by atoms with Gasteiger partial charge in [0.05, 0.1) is 6.20 Å². The number of rotatable bonds is 2. The van der Waals surface area contributed by atoms with Gasteiger partial charge in [-0.2, -0.15) is 4.98 Å². The Morgan fingerprint density at radius 1 is 1.11 bits per heavy atom. The molecule has 1 atom stereocenters. The molecule has 2 aromatic carbocycles. The lowest BCUT2D eigenvalue weighted by Crippen LogP contribution is -2.40. The number of anilines is 5. The summed E-state index contributed by atoms with van der Waals surface area (Å²) in [5, 5.41) is 12.9. The Bertz CT molecular complexity index is 1280. The monoisotopic (exact) mass is 491 g/mol. The molecule has 3 aromatic rings. The quantitative estimate of drug-likeness (QED) is 0.421. The van der Waals surface area contributed by atoms with E-state index < -0.39 is 0 Å². The van der Waals surface area contributed by atoms with Gasteiger partial charge >= 0.3 is 6.03 Å². The van der Waals surface area contributed by atoms with E-state index in [1.165, 1.54) is 0 Å². The van der Waals surface area contributed by atoms with E-state index >= 15 is 0 Å². The topological polar surface area (TPSA) is 111 Å². The number of halogens is 1. The normalized spacial score (nSPS) is 16.6. The molecule has 1 saturated heterocycles. The second-order valence-electron chi connectivity index (χ2n) is 8.76. The standard InChI is InChI=1S/C25H26ClN7O2/c1-15(34)33-10-9-20(14-33)30-25(35)31-22-8-7-19-12-17(22)6-5-16-3-2-4-18(11-16)29-24-27-13-21(26)23(28-19)32-24/h2-4,7-8,11-13,20H,5-6,9-10,14H2,1H3,(H2,30,31,35)(H2,27,28,29,32)/t20-/m1/s1. The highest BCUT2D eigenvalue weighted by atomic mass is 35.5. The van der Waals surface area contributed by atoms with Crippen molar-refractivity contribution in [2.45, 2.75) is 32.2 Å². The van der Waals surface area contributed by atoms with Crippen molar-refractivity contribution in [1.82, 2.24) is 20.2 Å². The van der Waals surface area contributed by atoms with Crippen LogP contribution in [-0.2, 0) is 17.6 Å². The molecule has 180 valence electrons. The van der Waals surface area contributed by atoms with Crippen LogP contribution in [0.15, 0.2) is 48.7 Å². The zero-order chi connectivity index (χ0) is 24.4. The highest BCUT2D eigenvalue weighted by Crippen LogP contribution is 2.29. The number of urea groups is 1. The van der Waals surface area contributed by atoms with Crippen molar-refractivity contribution in [3.8, 4) is 0 Å². The molecule has 0 unspecified atom stereocenters. The smallest absolute Gasteiger partial charge is 0.319 e. The SMILES string of the molecule is CC(=O)N1CC[C@@H](NC(=O)Nc2ccc3cc2CCc2cccc(c2)Nc2ncc(Cl)c(n2)N3)C1. The van der Waals surface area contributed by atoms with Crippen molar-refractivity contribution < 1.29 is 9.59 Å². The van der Waals surface area contributed by atoms with Crippen LogP contribution in [0.4, 0.5) is 33.6 Å². The number of hydrogen-bond acceptors (Lipinski definition) is 6. The van der Waals surface area contributed by atoms with E-state index in [0.717, 1.165) is 41.0 Å². The molecule has 6 bridgehead atoms. The number of aromatic nitrogens is 2. The zero-order valence-electron chi connectivity index (χ0n) is 19.3. The van der Waals surface area contributed by atoms with E-state index in [-0.39, 0.29) is 18.0 Å². The third-order valence-electron chi connectivity index (χ3n) is 6.20. The molecule has 35 heavy (non-hydrogen) atoms. The molecular weight excluding hydrogens is 466 g/mol. The molecule has 2 aliphatic heterocycles. The molecule has 0 radical (unpaired) electrons.